The van der Waals surface area contributed by atoms with E-state index in [1.165, 1.54) is 8.66 Å². The van der Waals surface area contributed by atoms with Crippen molar-refractivity contribution in [3.05, 3.63) is 20.8 Å². The third-order valence-electron chi connectivity index (χ3n) is 1.80. The van der Waals surface area contributed by atoms with Crippen molar-refractivity contribution in [1.82, 2.24) is 10.2 Å². The molecule has 4 heteroatoms. The summed E-state index contributed by atoms with van der Waals surface area (Å²) in [5, 5.41) is 3.14. The molecular formula is C9H15BrN2S. The van der Waals surface area contributed by atoms with Gasteiger partial charge in [0.2, 0.25) is 0 Å². The van der Waals surface area contributed by atoms with Gasteiger partial charge >= 0.3 is 0 Å². The summed E-state index contributed by atoms with van der Waals surface area (Å²) in [4.78, 5) is 3.72. The smallest absolute Gasteiger partial charge is 0.0701 e. The molecule has 1 aromatic rings. The van der Waals surface area contributed by atoms with Crippen molar-refractivity contribution in [2.24, 2.45) is 0 Å². The maximum Gasteiger partial charge on any atom is 0.0701 e. The molecule has 0 aromatic carbocycles. The maximum absolute atomic E-state index is 3.46. The summed E-state index contributed by atoms with van der Waals surface area (Å²) in [6.45, 7) is 3.17. The van der Waals surface area contributed by atoms with Crippen LogP contribution in [0.25, 0.3) is 0 Å². The van der Waals surface area contributed by atoms with Gasteiger partial charge in [-0.3, -0.25) is 0 Å². The summed E-state index contributed by atoms with van der Waals surface area (Å²) < 4.78 is 1.21. The molecule has 0 radical (unpaired) electrons. The van der Waals surface area contributed by atoms with E-state index in [0.29, 0.717) is 0 Å². The Kier molecular flexibility index (Phi) is 4.94. The van der Waals surface area contributed by atoms with E-state index in [2.05, 4.69) is 45.3 Å². The zero-order valence-corrected chi connectivity index (χ0v) is 10.4. The molecule has 1 aromatic heterocycles. The standard InChI is InChI=1S/C9H15BrN2S/c1-11-5-6-12(2)7-8-3-4-9(10)13-8/h3-4,11H,5-7H2,1-2H3. The highest BCUT2D eigenvalue weighted by molar-refractivity contribution is 9.11. The SMILES string of the molecule is CNCCN(C)Cc1ccc(Br)s1. The van der Waals surface area contributed by atoms with Gasteiger partial charge in [-0.05, 0) is 42.2 Å². The number of halogens is 1. The molecule has 0 aliphatic heterocycles. The van der Waals surface area contributed by atoms with Crippen LogP contribution < -0.4 is 5.32 Å². The topological polar surface area (TPSA) is 15.3 Å². The summed E-state index contributed by atoms with van der Waals surface area (Å²) in [6, 6.07) is 4.27. The lowest BCUT2D eigenvalue weighted by Gasteiger charge is -2.14. The highest BCUT2D eigenvalue weighted by Gasteiger charge is 2.01. The molecule has 0 spiro atoms. The summed E-state index contributed by atoms with van der Waals surface area (Å²) >= 11 is 5.27. The number of nitrogens with one attached hydrogen (secondary N) is 1. The predicted octanol–water partition coefficient (Wildman–Crippen LogP) is 2.16. The van der Waals surface area contributed by atoms with Crippen LogP contribution in [0.5, 0.6) is 0 Å². The van der Waals surface area contributed by atoms with Crippen molar-refractivity contribution >= 4 is 27.3 Å². The fraction of sp³-hybridized carbons (Fsp3) is 0.556. The summed E-state index contributed by atoms with van der Waals surface area (Å²) in [5.41, 5.74) is 0. The quantitative estimate of drug-likeness (QED) is 0.875. The average molecular weight is 263 g/mol. The summed E-state index contributed by atoms with van der Waals surface area (Å²) in [7, 11) is 4.13. The zero-order valence-electron chi connectivity index (χ0n) is 8.01. The van der Waals surface area contributed by atoms with Gasteiger partial charge < -0.3 is 10.2 Å². The number of thiophene rings is 1. The van der Waals surface area contributed by atoms with E-state index in [-0.39, 0.29) is 0 Å². The Bertz CT molecular complexity index is 250. The van der Waals surface area contributed by atoms with Crippen LogP contribution in [0.15, 0.2) is 15.9 Å². The zero-order chi connectivity index (χ0) is 9.68. The molecule has 1 rings (SSSR count). The first-order valence-electron chi connectivity index (χ1n) is 4.29. The maximum atomic E-state index is 3.46. The molecule has 1 heterocycles. The molecule has 0 fully saturated rings. The molecule has 0 saturated heterocycles. The molecule has 0 amide bonds. The van der Waals surface area contributed by atoms with E-state index in [1.54, 1.807) is 11.3 Å². The third-order valence-corrected chi connectivity index (χ3v) is 3.41. The van der Waals surface area contributed by atoms with E-state index < -0.39 is 0 Å². The normalized spacial score (nSPS) is 11.1. The first-order valence-corrected chi connectivity index (χ1v) is 5.90. The van der Waals surface area contributed by atoms with Crippen LogP contribution in [0.3, 0.4) is 0 Å². The fourth-order valence-electron chi connectivity index (χ4n) is 1.08. The Morgan fingerprint density at radius 2 is 2.31 bits per heavy atom. The first-order chi connectivity index (χ1) is 6.22. The second kappa shape index (κ2) is 5.75. The van der Waals surface area contributed by atoms with Gasteiger partial charge in [0.1, 0.15) is 0 Å². The van der Waals surface area contributed by atoms with Crippen LogP contribution in [0.1, 0.15) is 4.88 Å². The van der Waals surface area contributed by atoms with Crippen LogP contribution in [0, 0.1) is 0 Å². The number of hydrogen-bond acceptors (Lipinski definition) is 3. The molecule has 2 nitrogen and oxygen atoms in total. The van der Waals surface area contributed by atoms with Crippen LogP contribution in [-0.4, -0.2) is 32.1 Å². The van der Waals surface area contributed by atoms with Crippen LogP contribution in [0.2, 0.25) is 0 Å². The van der Waals surface area contributed by atoms with E-state index in [0.717, 1.165) is 19.6 Å². The molecule has 0 bridgehead atoms. The Morgan fingerprint density at radius 1 is 1.54 bits per heavy atom. The van der Waals surface area contributed by atoms with Gasteiger partial charge in [-0.1, -0.05) is 0 Å². The van der Waals surface area contributed by atoms with E-state index in [4.69, 9.17) is 0 Å². The minimum atomic E-state index is 1.04. The lowest BCUT2D eigenvalue weighted by Crippen LogP contribution is -2.26. The molecule has 1 N–H and O–H groups in total. The second-order valence-corrected chi connectivity index (χ2v) is 5.59. The summed E-state index contributed by atoms with van der Waals surface area (Å²) in [6.07, 6.45) is 0. The molecule has 0 aliphatic rings. The first kappa shape index (κ1) is 11.2. The van der Waals surface area contributed by atoms with Gasteiger partial charge in [0, 0.05) is 24.5 Å². The van der Waals surface area contributed by atoms with Crippen LogP contribution in [0.4, 0.5) is 0 Å². The van der Waals surface area contributed by atoms with Crippen molar-refractivity contribution in [2.45, 2.75) is 6.54 Å². The van der Waals surface area contributed by atoms with Crippen LogP contribution >= 0.6 is 27.3 Å². The molecule has 74 valence electrons. The van der Waals surface area contributed by atoms with Crippen molar-refractivity contribution in [3.63, 3.8) is 0 Å². The minimum absolute atomic E-state index is 1.04. The molecule has 13 heavy (non-hydrogen) atoms. The Balaban J connectivity index is 2.31. The van der Waals surface area contributed by atoms with Crippen molar-refractivity contribution in [1.29, 1.82) is 0 Å². The number of hydrogen-bond donors (Lipinski definition) is 1. The number of likely N-dealkylation sites (N-methyl/N-ethyl adjacent to an activating group) is 2. The summed E-state index contributed by atoms with van der Waals surface area (Å²) in [5.74, 6) is 0. The number of rotatable bonds is 5. The lowest BCUT2D eigenvalue weighted by molar-refractivity contribution is 0.331. The molecule has 0 aliphatic carbocycles. The van der Waals surface area contributed by atoms with E-state index >= 15 is 0 Å². The van der Waals surface area contributed by atoms with Gasteiger partial charge in [0.05, 0.1) is 3.79 Å². The Labute approximate surface area is 92.1 Å². The minimum Gasteiger partial charge on any atom is -0.318 e. The predicted molar refractivity (Wildman–Crippen MR) is 62.3 cm³/mol. The second-order valence-electron chi connectivity index (χ2n) is 3.05. The van der Waals surface area contributed by atoms with Crippen molar-refractivity contribution in [3.8, 4) is 0 Å². The highest BCUT2D eigenvalue weighted by Crippen LogP contribution is 2.22. The molecule has 0 unspecified atom stereocenters. The van der Waals surface area contributed by atoms with Gasteiger partial charge in [0.15, 0.2) is 0 Å². The number of nitrogens with zero attached hydrogens (tertiary/aromatic N) is 1. The van der Waals surface area contributed by atoms with Gasteiger partial charge in [-0.2, -0.15) is 0 Å². The van der Waals surface area contributed by atoms with E-state index in [1.807, 2.05) is 7.05 Å². The molecular weight excluding hydrogens is 248 g/mol. The van der Waals surface area contributed by atoms with Crippen molar-refractivity contribution < 1.29 is 0 Å². The Morgan fingerprint density at radius 3 is 2.85 bits per heavy atom. The average Bonchev–Trinajstić information content (AvgIpc) is 2.48. The van der Waals surface area contributed by atoms with Crippen LogP contribution in [-0.2, 0) is 6.54 Å². The fourth-order valence-corrected chi connectivity index (χ4v) is 2.65. The van der Waals surface area contributed by atoms with Gasteiger partial charge in [0.25, 0.3) is 0 Å². The van der Waals surface area contributed by atoms with Gasteiger partial charge in [-0.15, -0.1) is 11.3 Å². The Hall–Kier alpha value is 0.1000. The highest BCUT2D eigenvalue weighted by atomic mass is 79.9. The van der Waals surface area contributed by atoms with Gasteiger partial charge in [-0.25, -0.2) is 0 Å². The monoisotopic (exact) mass is 262 g/mol. The largest absolute Gasteiger partial charge is 0.318 e. The molecule has 0 atom stereocenters. The third kappa shape index (κ3) is 4.22. The lowest BCUT2D eigenvalue weighted by atomic mass is 10.4. The van der Waals surface area contributed by atoms with Crippen molar-refractivity contribution in [2.75, 3.05) is 27.2 Å². The molecule has 0 saturated carbocycles. The van der Waals surface area contributed by atoms with E-state index in [9.17, 15) is 0 Å².